The zero-order chi connectivity index (χ0) is 19.8. The van der Waals surface area contributed by atoms with Crippen molar-refractivity contribution in [3.05, 3.63) is 29.9 Å². The molecule has 1 atom stereocenters. The van der Waals surface area contributed by atoms with E-state index in [9.17, 15) is 9.59 Å². The highest BCUT2D eigenvalue weighted by atomic mass is 16.5. The molecule has 10 nitrogen and oxygen atoms in total. The Hall–Kier alpha value is -3.14. The van der Waals surface area contributed by atoms with Crippen LogP contribution in [0.2, 0.25) is 0 Å². The van der Waals surface area contributed by atoms with Gasteiger partial charge in [-0.25, -0.2) is 4.79 Å². The van der Waals surface area contributed by atoms with Gasteiger partial charge in [-0.2, -0.15) is 4.98 Å². The Kier molecular flexibility index (Phi) is 7.12. The third kappa shape index (κ3) is 5.68. The second-order valence-electron chi connectivity index (χ2n) is 5.64. The highest BCUT2D eigenvalue weighted by Crippen LogP contribution is 2.28. The van der Waals surface area contributed by atoms with E-state index in [2.05, 4.69) is 26.1 Å². The Morgan fingerprint density at radius 1 is 1.26 bits per heavy atom. The van der Waals surface area contributed by atoms with Crippen molar-refractivity contribution in [2.75, 3.05) is 31.5 Å². The van der Waals surface area contributed by atoms with Gasteiger partial charge >= 0.3 is 6.03 Å². The number of benzene rings is 1. The van der Waals surface area contributed by atoms with Crippen molar-refractivity contribution in [1.29, 1.82) is 0 Å². The number of hydrogen-bond acceptors (Lipinski definition) is 7. The average molecular weight is 377 g/mol. The van der Waals surface area contributed by atoms with Gasteiger partial charge < -0.3 is 29.9 Å². The predicted octanol–water partition coefficient (Wildman–Crippen LogP) is 2.24. The number of ether oxygens (including phenoxy) is 2. The first-order valence-corrected chi connectivity index (χ1v) is 8.31. The standard InChI is InChI=1S/C17H23N5O5/c1-5-12(16-18-10(2)22-27-16)21-17(24)19-11-6-7-14(26-4)13(8-11)20-15(23)9-25-3/h6-8,12H,5,9H2,1-4H3,(H,20,23)(H2,19,21,24)/t12-/m0/s1. The lowest BCUT2D eigenvalue weighted by Crippen LogP contribution is -2.32. The zero-order valence-electron chi connectivity index (χ0n) is 15.7. The van der Waals surface area contributed by atoms with Gasteiger partial charge in [-0.3, -0.25) is 4.79 Å². The Balaban J connectivity index is 2.06. The molecule has 1 aromatic carbocycles. The van der Waals surface area contributed by atoms with Gasteiger partial charge in [-0.1, -0.05) is 12.1 Å². The maximum Gasteiger partial charge on any atom is 0.319 e. The van der Waals surface area contributed by atoms with Gasteiger partial charge in [0.2, 0.25) is 11.8 Å². The van der Waals surface area contributed by atoms with Gasteiger partial charge in [0.25, 0.3) is 0 Å². The number of nitrogens with zero attached hydrogens (tertiary/aromatic N) is 2. The molecule has 0 aliphatic heterocycles. The van der Waals surface area contributed by atoms with E-state index >= 15 is 0 Å². The summed E-state index contributed by atoms with van der Waals surface area (Å²) in [6, 6.07) is 4.02. The summed E-state index contributed by atoms with van der Waals surface area (Å²) in [5.74, 6) is 0.957. The molecule has 0 aliphatic carbocycles. The lowest BCUT2D eigenvalue weighted by molar-refractivity contribution is -0.119. The normalized spacial score (nSPS) is 11.6. The molecule has 3 N–H and O–H groups in total. The van der Waals surface area contributed by atoms with Crippen LogP contribution in [-0.4, -0.2) is 42.9 Å². The maximum absolute atomic E-state index is 12.3. The zero-order valence-corrected chi connectivity index (χ0v) is 15.7. The molecule has 1 aromatic heterocycles. The molecule has 3 amide bonds. The Morgan fingerprint density at radius 3 is 2.63 bits per heavy atom. The number of hydrogen-bond donors (Lipinski definition) is 3. The number of carbonyl (C=O) groups excluding carboxylic acids is 2. The molecule has 0 radical (unpaired) electrons. The van der Waals surface area contributed by atoms with Crippen molar-refractivity contribution >= 4 is 23.3 Å². The van der Waals surface area contributed by atoms with Gasteiger partial charge in [0.1, 0.15) is 18.4 Å². The highest BCUT2D eigenvalue weighted by Gasteiger charge is 2.19. The van der Waals surface area contributed by atoms with E-state index < -0.39 is 12.1 Å². The third-order valence-corrected chi connectivity index (χ3v) is 3.56. The molecule has 0 fully saturated rings. The van der Waals surface area contributed by atoms with Crippen LogP contribution in [0.25, 0.3) is 0 Å². The van der Waals surface area contributed by atoms with Crippen molar-refractivity contribution in [3.8, 4) is 5.75 Å². The van der Waals surface area contributed by atoms with E-state index in [0.29, 0.717) is 35.3 Å². The van der Waals surface area contributed by atoms with Crippen molar-refractivity contribution in [2.24, 2.45) is 0 Å². The Morgan fingerprint density at radius 2 is 2.04 bits per heavy atom. The fourth-order valence-electron chi connectivity index (χ4n) is 2.32. The van der Waals surface area contributed by atoms with E-state index in [4.69, 9.17) is 14.0 Å². The molecule has 27 heavy (non-hydrogen) atoms. The molecule has 0 saturated heterocycles. The van der Waals surface area contributed by atoms with Crippen molar-refractivity contribution in [1.82, 2.24) is 15.5 Å². The summed E-state index contributed by atoms with van der Waals surface area (Å²) in [5.41, 5.74) is 0.884. The van der Waals surface area contributed by atoms with E-state index in [-0.39, 0.29) is 12.5 Å². The molecule has 1 heterocycles. The fourth-order valence-corrected chi connectivity index (χ4v) is 2.32. The summed E-state index contributed by atoms with van der Waals surface area (Å²) >= 11 is 0. The van der Waals surface area contributed by atoms with Crippen LogP contribution in [0.5, 0.6) is 5.75 Å². The average Bonchev–Trinajstić information content (AvgIpc) is 3.06. The van der Waals surface area contributed by atoms with Gasteiger partial charge in [0.15, 0.2) is 5.82 Å². The van der Waals surface area contributed by atoms with Crippen LogP contribution in [0.4, 0.5) is 16.2 Å². The van der Waals surface area contributed by atoms with Crippen LogP contribution < -0.4 is 20.7 Å². The smallest absolute Gasteiger partial charge is 0.319 e. The van der Waals surface area contributed by atoms with Crippen LogP contribution in [0, 0.1) is 6.92 Å². The molecule has 0 aliphatic rings. The minimum Gasteiger partial charge on any atom is -0.495 e. The van der Waals surface area contributed by atoms with Gasteiger partial charge in [0, 0.05) is 12.8 Å². The number of aryl methyl sites for hydroxylation is 1. The summed E-state index contributed by atoms with van der Waals surface area (Å²) < 4.78 is 15.1. The number of urea groups is 1. The van der Waals surface area contributed by atoms with E-state index in [1.54, 1.807) is 25.1 Å². The third-order valence-electron chi connectivity index (χ3n) is 3.56. The molecule has 10 heteroatoms. The van der Waals surface area contributed by atoms with Crippen LogP contribution in [0.15, 0.2) is 22.7 Å². The highest BCUT2D eigenvalue weighted by molar-refractivity contribution is 5.95. The lowest BCUT2D eigenvalue weighted by Gasteiger charge is -2.15. The van der Waals surface area contributed by atoms with E-state index in [0.717, 1.165) is 0 Å². The topological polar surface area (TPSA) is 128 Å². The van der Waals surface area contributed by atoms with Gasteiger partial charge in [-0.15, -0.1) is 0 Å². The first-order chi connectivity index (χ1) is 13.0. The lowest BCUT2D eigenvalue weighted by atomic mass is 10.2. The molecule has 0 spiro atoms. The largest absolute Gasteiger partial charge is 0.495 e. The molecule has 0 bridgehead atoms. The second-order valence-corrected chi connectivity index (χ2v) is 5.64. The predicted molar refractivity (Wildman–Crippen MR) is 97.7 cm³/mol. The Bertz CT molecular complexity index is 792. The fraction of sp³-hybridized carbons (Fsp3) is 0.412. The number of anilines is 2. The molecule has 2 aromatic rings. The van der Waals surface area contributed by atoms with Gasteiger partial charge in [0.05, 0.1) is 12.8 Å². The minimum atomic E-state index is -0.447. The summed E-state index contributed by atoms with van der Waals surface area (Å²) in [6.45, 7) is 3.50. The van der Waals surface area contributed by atoms with Crippen molar-refractivity contribution < 1.29 is 23.6 Å². The number of rotatable bonds is 8. The first kappa shape index (κ1) is 20.2. The van der Waals surface area contributed by atoms with Crippen LogP contribution in [0.1, 0.15) is 31.1 Å². The number of amides is 3. The summed E-state index contributed by atoms with van der Waals surface area (Å²) in [4.78, 5) is 28.2. The minimum absolute atomic E-state index is 0.0942. The molecule has 0 saturated carbocycles. The Labute approximate surface area is 156 Å². The van der Waals surface area contributed by atoms with Gasteiger partial charge in [-0.05, 0) is 31.5 Å². The molecular formula is C17H23N5O5. The van der Waals surface area contributed by atoms with E-state index in [1.165, 1.54) is 14.2 Å². The number of methoxy groups -OCH3 is 2. The molecule has 2 rings (SSSR count). The number of aromatic nitrogens is 2. The quantitative estimate of drug-likeness (QED) is 0.643. The summed E-state index contributed by atoms with van der Waals surface area (Å²) in [5, 5.41) is 11.9. The maximum atomic E-state index is 12.3. The molecule has 146 valence electrons. The van der Waals surface area contributed by atoms with E-state index in [1.807, 2.05) is 6.92 Å². The molecule has 0 unspecified atom stereocenters. The van der Waals surface area contributed by atoms with Crippen LogP contribution in [0.3, 0.4) is 0 Å². The van der Waals surface area contributed by atoms with Crippen LogP contribution in [-0.2, 0) is 9.53 Å². The van der Waals surface area contributed by atoms with Crippen molar-refractivity contribution in [3.63, 3.8) is 0 Å². The SMILES string of the molecule is CC[C@H](NC(=O)Nc1ccc(OC)c(NC(=O)COC)c1)c1nc(C)no1. The number of nitrogens with one attached hydrogen (secondary N) is 3. The first-order valence-electron chi connectivity index (χ1n) is 8.31. The number of carbonyl (C=O) groups is 2. The summed E-state index contributed by atoms with van der Waals surface area (Å²) in [7, 11) is 2.91. The summed E-state index contributed by atoms with van der Waals surface area (Å²) in [6.07, 6.45) is 0.579. The van der Waals surface area contributed by atoms with Crippen LogP contribution >= 0.6 is 0 Å². The monoisotopic (exact) mass is 377 g/mol. The second kappa shape index (κ2) is 9.53. The molecular weight excluding hydrogens is 354 g/mol. The van der Waals surface area contributed by atoms with Crippen molar-refractivity contribution in [2.45, 2.75) is 26.3 Å².